The minimum absolute atomic E-state index is 0.0582. The average molecular weight is 530 g/mol. The van der Waals surface area contributed by atoms with Crippen molar-refractivity contribution in [2.45, 2.75) is 48.3 Å². The third-order valence-corrected chi connectivity index (χ3v) is 8.70. The Morgan fingerprint density at radius 2 is 1.75 bits per heavy atom. The highest BCUT2D eigenvalue weighted by atomic mass is 79.9. The maximum absolute atomic E-state index is 13.4. The molecule has 4 rings (SSSR count). The van der Waals surface area contributed by atoms with Crippen molar-refractivity contribution in [3.63, 3.8) is 0 Å². The zero-order chi connectivity index (χ0) is 23.3. The molecule has 2 saturated heterocycles. The van der Waals surface area contributed by atoms with Gasteiger partial charge in [-0.2, -0.15) is 17.5 Å². The number of nitrogens with zero attached hydrogens (tertiary/aromatic N) is 1. The third kappa shape index (κ3) is 4.15. The van der Waals surface area contributed by atoms with Crippen molar-refractivity contribution in [3.05, 3.63) is 64.1 Å². The summed E-state index contributed by atoms with van der Waals surface area (Å²) in [5.74, 6) is -1.47. The van der Waals surface area contributed by atoms with Gasteiger partial charge < -0.3 is 4.79 Å². The van der Waals surface area contributed by atoms with Crippen molar-refractivity contribution >= 4 is 38.0 Å². The number of sulfonamides is 1. The van der Waals surface area contributed by atoms with Crippen LogP contribution in [0.15, 0.2) is 57.9 Å². The predicted octanol–water partition coefficient (Wildman–Crippen LogP) is 4.56. The number of carbonyl (C=O) groups is 2. The molecule has 2 bridgehead atoms. The summed E-state index contributed by atoms with van der Waals surface area (Å²) in [6.07, 6.45) is -3.56. The predicted molar refractivity (Wildman–Crippen MR) is 113 cm³/mol. The quantitative estimate of drug-likeness (QED) is 0.430. The molecule has 4 atom stereocenters. The van der Waals surface area contributed by atoms with Gasteiger partial charge in [-0.3, -0.25) is 4.79 Å². The van der Waals surface area contributed by atoms with Gasteiger partial charge in [0.25, 0.3) is 0 Å². The summed E-state index contributed by atoms with van der Waals surface area (Å²) in [6, 6.07) is 9.31. The normalized spacial score (nSPS) is 26.7. The summed E-state index contributed by atoms with van der Waals surface area (Å²) in [7, 11) is -4.22. The molecule has 2 heterocycles. The lowest BCUT2D eigenvalue weighted by atomic mass is 9.72. The van der Waals surface area contributed by atoms with Crippen molar-refractivity contribution in [1.82, 2.24) is 4.31 Å². The summed E-state index contributed by atoms with van der Waals surface area (Å²) in [4.78, 5) is 24.0. The van der Waals surface area contributed by atoms with E-state index in [1.165, 1.54) is 4.31 Å². The average Bonchev–Trinajstić information content (AvgIpc) is 2.72. The lowest BCUT2D eigenvalue weighted by Crippen LogP contribution is -2.60. The van der Waals surface area contributed by atoms with Crippen LogP contribution < -0.4 is 0 Å². The van der Waals surface area contributed by atoms with Gasteiger partial charge in [0.05, 0.1) is 16.4 Å². The lowest BCUT2D eigenvalue weighted by Gasteiger charge is -2.49. The number of halogens is 4. The van der Waals surface area contributed by atoms with E-state index in [4.69, 9.17) is 0 Å². The second-order valence-corrected chi connectivity index (χ2v) is 10.9. The number of benzene rings is 2. The van der Waals surface area contributed by atoms with Gasteiger partial charge in [-0.05, 0) is 60.7 Å². The van der Waals surface area contributed by atoms with Crippen LogP contribution in [0.3, 0.4) is 0 Å². The van der Waals surface area contributed by atoms with Crippen molar-refractivity contribution in [2.75, 3.05) is 0 Å². The molecule has 2 aliphatic rings. The maximum Gasteiger partial charge on any atom is 0.416 e. The molecule has 5 nitrogen and oxygen atoms in total. The van der Waals surface area contributed by atoms with E-state index in [-0.39, 0.29) is 29.4 Å². The fraction of sp³-hybridized carbons (Fsp3) is 0.364. The zero-order valence-electron chi connectivity index (χ0n) is 16.6. The molecule has 0 aliphatic carbocycles. The molecule has 4 unspecified atom stereocenters. The first-order chi connectivity index (χ1) is 15.0. The van der Waals surface area contributed by atoms with E-state index in [9.17, 15) is 31.2 Å². The van der Waals surface area contributed by atoms with Gasteiger partial charge in [0.2, 0.25) is 10.0 Å². The molecule has 0 radical (unpaired) electrons. The highest BCUT2D eigenvalue weighted by Gasteiger charge is 2.52. The van der Waals surface area contributed by atoms with Crippen LogP contribution in [-0.4, -0.2) is 36.9 Å². The Balaban J connectivity index is 1.72. The fourth-order valence-corrected chi connectivity index (χ4v) is 7.03. The summed E-state index contributed by atoms with van der Waals surface area (Å²) in [6.45, 7) is 0. The summed E-state index contributed by atoms with van der Waals surface area (Å²) in [5, 5.41) is 0. The van der Waals surface area contributed by atoms with Gasteiger partial charge in [0, 0.05) is 23.0 Å². The number of fused-ring (bicyclic) bond motifs is 2. The number of ketones is 1. The smallest absolute Gasteiger partial charge is 0.303 e. The molecule has 0 spiro atoms. The first-order valence-corrected chi connectivity index (χ1v) is 12.2. The van der Waals surface area contributed by atoms with Gasteiger partial charge in [0.15, 0.2) is 0 Å². The van der Waals surface area contributed by atoms with Crippen LogP contribution in [0, 0.1) is 5.92 Å². The number of alkyl halides is 3. The highest BCUT2D eigenvalue weighted by Crippen LogP contribution is 2.45. The van der Waals surface area contributed by atoms with Crippen LogP contribution in [0.1, 0.15) is 36.3 Å². The largest absolute Gasteiger partial charge is 0.416 e. The number of carbonyl (C=O) groups excluding carboxylic acids is 2. The van der Waals surface area contributed by atoms with Crippen LogP contribution in [0.4, 0.5) is 13.2 Å². The van der Waals surface area contributed by atoms with Crippen molar-refractivity contribution in [3.8, 4) is 0 Å². The van der Waals surface area contributed by atoms with Crippen LogP contribution >= 0.6 is 15.9 Å². The van der Waals surface area contributed by atoms with Gasteiger partial charge in [-0.15, -0.1) is 0 Å². The number of aldehydes is 1. The number of rotatable bonds is 4. The second-order valence-electron chi connectivity index (χ2n) is 8.13. The molecule has 2 fully saturated rings. The molecule has 10 heteroatoms. The summed E-state index contributed by atoms with van der Waals surface area (Å²) in [5.41, 5.74) is 0.0194. The van der Waals surface area contributed by atoms with E-state index < -0.39 is 39.8 Å². The first kappa shape index (κ1) is 23.1. The van der Waals surface area contributed by atoms with Crippen molar-refractivity contribution in [2.24, 2.45) is 5.92 Å². The van der Waals surface area contributed by atoms with E-state index in [2.05, 4.69) is 15.9 Å². The monoisotopic (exact) mass is 529 g/mol. The van der Waals surface area contributed by atoms with Crippen LogP contribution in [0.25, 0.3) is 0 Å². The Morgan fingerprint density at radius 3 is 2.34 bits per heavy atom. The Kier molecular flexibility index (Phi) is 6.06. The standard InChI is InChI=1S/C22H19BrF3NO4S/c23-16-3-1-2-13(8-16)14-9-17-11-21(29)19(12-28)20(10-14)27(17)32(30,31)18-6-4-15(5-7-18)22(24,25)26/h1-8,12,14,17,19-20H,9-11H2. The molecule has 170 valence electrons. The van der Waals surface area contributed by atoms with E-state index in [1.807, 2.05) is 24.3 Å². The van der Waals surface area contributed by atoms with E-state index in [1.54, 1.807) is 0 Å². The van der Waals surface area contributed by atoms with Gasteiger partial charge in [0.1, 0.15) is 12.1 Å². The molecule has 2 aromatic carbocycles. The molecule has 0 N–H and O–H groups in total. The summed E-state index contributed by atoms with van der Waals surface area (Å²) >= 11 is 3.42. The SMILES string of the molecule is O=CC1C(=O)CC2CC(c3cccc(Br)c3)CC1N2S(=O)(=O)c1ccc(C(F)(F)F)cc1. The van der Waals surface area contributed by atoms with E-state index >= 15 is 0 Å². The van der Waals surface area contributed by atoms with Crippen molar-refractivity contribution in [1.29, 1.82) is 0 Å². The van der Waals surface area contributed by atoms with Crippen LogP contribution in [-0.2, 0) is 25.8 Å². The number of hydrogen-bond acceptors (Lipinski definition) is 4. The molecule has 0 aromatic heterocycles. The maximum atomic E-state index is 13.4. The second kappa shape index (κ2) is 8.39. The lowest BCUT2D eigenvalue weighted by molar-refractivity contribution is -0.138. The highest BCUT2D eigenvalue weighted by molar-refractivity contribution is 9.10. The molecule has 2 aromatic rings. The van der Waals surface area contributed by atoms with E-state index in [0.717, 1.165) is 34.3 Å². The summed E-state index contributed by atoms with van der Waals surface area (Å²) < 4.78 is 67.6. The Labute approximate surface area is 191 Å². The van der Waals surface area contributed by atoms with Gasteiger partial charge in [-0.25, -0.2) is 8.42 Å². The third-order valence-electron chi connectivity index (χ3n) is 6.22. The Morgan fingerprint density at radius 1 is 1.06 bits per heavy atom. The molecule has 2 aliphatic heterocycles. The minimum atomic E-state index is -4.59. The van der Waals surface area contributed by atoms with Crippen molar-refractivity contribution < 1.29 is 31.2 Å². The van der Waals surface area contributed by atoms with Gasteiger partial charge in [-0.1, -0.05) is 28.1 Å². The number of Topliss-reactive ketones (excluding diaryl/α,β-unsaturated/α-hetero) is 1. The fourth-order valence-electron chi connectivity index (χ4n) is 4.77. The number of piperidine rings is 2. The molecule has 0 amide bonds. The van der Waals surface area contributed by atoms with Gasteiger partial charge >= 0.3 is 6.18 Å². The topological polar surface area (TPSA) is 71.5 Å². The minimum Gasteiger partial charge on any atom is -0.303 e. The Hall–Kier alpha value is -2.04. The van der Waals surface area contributed by atoms with Crippen LogP contribution in [0.2, 0.25) is 0 Å². The number of hydrogen-bond donors (Lipinski definition) is 0. The first-order valence-electron chi connectivity index (χ1n) is 9.96. The molecule has 0 saturated carbocycles. The molecular formula is C22H19BrF3NO4S. The Bertz CT molecular complexity index is 1150. The van der Waals surface area contributed by atoms with Crippen LogP contribution in [0.5, 0.6) is 0 Å². The molecule has 32 heavy (non-hydrogen) atoms. The molecular weight excluding hydrogens is 511 g/mol. The zero-order valence-corrected chi connectivity index (χ0v) is 19.0. The van der Waals surface area contributed by atoms with E-state index in [0.29, 0.717) is 12.7 Å².